The van der Waals surface area contributed by atoms with Gasteiger partial charge in [0.05, 0.1) is 15.6 Å². The van der Waals surface area contributed by atoms with Gasteiger partial charge < -0.3 is 15.1 Å². The Morgan fingerprint density at radius 1 is 0.905 bits per heavy atom. The Hall–Kier alpha value is -3.38. The van der Waals surface area contributed by atoms with E-state index in [0.717, 1.165) is 60.8 Å². The number of halogens is 2. The lowest BCUT2D eigenvalue weighted by Crippen LogP contribution is -2.52. The molecule has 218 valence electrons. The number of likely N-dealkylation sites (tertiary alicyclic amines) is 1. The Bertz CT molecular complexity index is 1550. The number of hydrogen-bond acceptors (Lipinski definition) is 3. The summed E-state index contributed by atoms with van der Waals surface area (Å²) in [5.41, 5.74) is 2.57. The highest BCUT2D eigenvalue weighted by atomic mass is 35.5. The second kappa shape index (κ2) is 13.3. The summed E-state index contributed by atoms with van der Waals surface area (Å²) in [7, 11) is 1.87. The molecule has 7 heteroatoms. The molecule has 0 bridgehead atoms. The lowest BCUT2D eigenvalue weighted by molar-refractivity contribution is -0.121. The number of fused-ring (bicyclic) bond motifs is 1. The first-order valence-corrected chi connectivity index (χ1v) is 15.3. The number of nitrogens with zero attached hydrogens (tertiary/aromatic N) is 2. The minimum atomic E-state index is -0.349. The van der Waals surface area contributed by atoms with Crippen molar-refractivity contribution in [3.63, 3.8) is 0 Å². The largest absolute Gasteiger partial charge is 0.347 e. The lowest BCUT2D eigenvalue weighted by atomic mass is 9.80. The van der Waals surface area contributed by atoms with Crippen molar-refractivity contribution in [3.05, 3.63) is 118 Å². The van der Waals surface area contributed by atoms with Crippen molar-refractivity contribution < 1.29 is 9.59 Å². The van der Waals surface area contributed by atoms with Crippen LogP contribution >= 0.6 is 23.2 Å². The monoisotopic (exact) mass is 601 g/mol. The lowest BCUT2D eigenvalue weighted by Gasteiger charge is -2.43. The van der Waals surface area contributed by atoms with Gasteiger partial charge in [-0.25, -0.2) is 0 Å². The molecule has 5 nitrogen and oxygen atoms in total. The van der Waals surface area contributed by atoms with Gasteiger partial charge in [0, 0.05) is 45.1 Å². The summed E-state index contributed by atoms with van der Waals surface area (Å²) in [6.45, 7) is 4.75. The van der Waals surface area contributed by atoms with Crippen molar-refractivity contribution in [1.82, 2.24) is 15.1 Å². The number of nitrogens with one attached hydrogen (secondary N) is 1. The first kappa shape index (κ1) is 30.1. The summed E-state index contributed by atoms with van der Waals surface area (Å²) >= 11 is 12.7. The summed E-state index contributed by atoms with van der Waals surface area (Å²) in [6, 6.07) is 29.9. The Morgan fingerprint density at radius 2 is 1.60 bits per heavy atom. The SMILES string of the molecule is CC(=O)NC1(c2ccccc2)CCN(CC[C@H](CN(C)C(=O)c2cccc3ccccc23)c2ccc(Cl)c(Cl)c2)CC1. The molecule has 42 heavy (non-hydrogen) atoms. The average molecular weight is 603 g/mol. The van der Waals surface area contributed by atoms with Crippen molar-refractivity contribution in [1.29, 1.82) is 0 Å². The number of hydrogen-bond donors (Lipinski definition) is 1. The highest BCUT2D eigenvalue weighted by Crippen LogP contribution is 2.34. The first-order chi connectivity index (χ1) is 20.3. The first-order valence-electron chi connectivity index (χ1n) is 14.5. The highest BCUT2D eigenvalue weighted by Gasteiger charge is 2.37. The number of likely N-dealkylation sites (N-methyl/N-ethyl adjacent to an activating group) is 1. The predicted molar refractivity (Wildman–Crippen MR) is 172 cm³/mol. The average Bonchev–Trinajstić information content (AvgIpc) is 3.00. The van der Waals surface area contributed by atoms with Crippen LogP contribution in [0.5, 0.6) is 0 Å². The Labute approximate surface area is 258 Å². The van der Waals surface area contributed by atoms with Crippen LogP contribution in [0.2, 0.25) is 10.0 Å². The number of carbonyl (C=O) groups excluding carboxylic acids is 2. The van der Waals surface area contributed by atoms with Crippen LogP contribution in [-0.4, -0.2) is 54.8 Å². The molecule has 0 radical (unpaired) electrons. The molecule has 2 amide bonds. The van der Waals surface area contributed by atoms with E-state index in [9.17, 15) is 9.59 Å². The fourth-order valence-corrected chi connectivity index (χ4v) is 6.54. The fourth-order valence-electron chi connectivity index (χ4n) is 6.24. The predicted octanol–water partition coefficient (Wildman–Crippen LogP) is 7.52. The van der Waals surface area contributed by atoms with Gasteiger partial charge in [0.2, 0.25) is 5.91 Å². The second-order valence-electron chi connectivity index (χ2n) is 11.3. The molecule has 1 fully saturated rings. The van der Waals surface area contributed by atoms with Crippen molar-refractivity contribution >= 4 is 45.8 Å². The molecule has 1 N–H and O–H groups in total. The van der Waals surface area contributed by atoms with Crippen LogP contribution in [0.3, 0.4) is 0 Å². The Morgan fingerprint density at radius 3 is 2.31 bits per heavy atom. The van der Waals surface area contributed by atoms with E-state index in [-0.39, 0.29) is 23.3 Å². The molecule has 0 aromatic heterocycles. The minimum absolute atomic E-state index is 0.00205. The van der Waals surface area contributed by atoms with Gasteiger partial charge in [0.1, 0.15) is 0 Å². The van der Waals surface area contributed by atoms with Gasteiger partial charge in [0.25, 0.3) is 5.91 Å². The Kier molecular flexibility index (Phi) is 9.52. The van der Waals surface area contributed by atoms with Crippen LogP contribution in [0.1, 0.15) is 53.6 Å². The molecule has 1 heterocycles. The maximum atomic E-state index is 13.7. The third-order valence-corrected chi connectivity index (χ3v) is 9.26. The van der Waals surface area contributed by atoms with Crippen molar-refractivity contribution in [2.75, 3.05) is 33.2 Å². The van der Waals surface area contributed by atoms with E-state index in [1.807, 2.05) is 90.8 Å². The fraction of sp³-hybridized carbons (Fsp3) is 0.314. The van der Waals surface area contributed by atoms with Gasteiger partial charge in [-0.1, -0.05) is 96.0 Å². The zero-order valence-corrected chi connectivity index (χ0v) is 25.7. The summed E-state index contributed by atoms with van der Waals surface area (Å²) < 4.78 is 0. The second-order valence-corrected chi connectivity index (χ2v) is 12.2. The zero-order valence-electron chi connectivity index (χ0n) is 24.2. The van der Waals surface area contributed by atoms with Gasteiger partial charge in [-0.15, -0.1) is 0 Å². The van der Waals surface area contributed by atoms with E-state index >= 15 is 0 Å². The van der Waals surface area contributed by atoms with Crippen LogP contribution in [0, 0.1) is 0 Å². The topological polar surface area (TPSA) is 52.7 Å². The quantitative estimate of drug-likeness (QED) is 0.216. The molecule has 0 unspecified atom stereocenters. The van der Waals surface area contributed by atoms with E-state index in [0.29, 0.717) is 22.2 Å². The van der Waals surface area contributed by atoms with E-state index in [2.05, 4.69) is 22.3 Å². The molecule has 1 aliphatic heterocycles. The molecule has 0 aliphatic carbocycles. The minimum Gasteiger partial charge on any atom is -0.347 e. The summed E-state index contributed by atoms with van der Waals surface area (Å²) in [4.78, 5) is 30.1. The van der Waals surface area contributed by atoms with Gasteiger partial charge in [-0.05, 0) is 65.9 Å². The standard InChI is InChI=1S/C35H37Cl2N3O2/c1-25(41)38-35(29-11-4-3-5-12-29)18-21-40(22-19-35)20-17-28(27-15-16-32(36)33(37)23-27)24-39(2)34(42)31-14-8-10-26-9-6-7-13-30(26)31/h3-16,23,28H,17-22,24H2,1-2H3,(H,38,41)/t28-/m1/s1. The highest BCUT2D eigenvalue weighted by molar-refractivity contribution is 6.42. The molecule has 0 spiro atoms. The Balaban J connectivity index is 1.31. The van der Waals surface area contributed by atoms with Crippen LogP contribution in [0.25, 0.3) is 10.8 Å². The molecule has 1 atom stereocenters. The van der Waals surface area contributed by atoms with E-state index < -0.39 is 0 Å². The molecule has 4 aromatic carbocycles. The van der Waals surface area contributed by atoms with Gasteiger partial charge in [-0.2, -0.15) is 0 Å². The van der Waals surface area contributed by atoms with Crippen LogP contribution in [0.15, 0.2) is 91.0 Å². The maximum Gasteiger partial charge on any atom is 0.254 e. The number of carbonyl (C=O) groups is 2. The van der Waals surface area contributed by atoms with Crippen molar-refractivity contribution in [3.8, 4) is 0 Å². The van der Waals surface area contributed by atoms with Gasteiger partial charge in [-0.3, -0.25) is 9.59 Å². The van der Waals surface area contributed by atoms with Crippen molar-refractivity contribution in [2.45, 2.75) is 37.6 Å². The third-order valence-electron chi connectivity index (χ3n) is 8.52. The summed E-state index contributed by atoms with van der Waals surface area (Å²) in [5.74, 6) is 0.0588. The van der Waals surface area contributed by atoms with Crippen LogP contribution in [-0.2, 0) is 10.3 Å². The molecule has 5 rings (SSSR count). The molecule has 4 aromatic rings. The molecule has 1 aliphatic rings. The number of rotatable bonds is 9. The van der Waals surface area contributed by atoms with Gasteiger partial charge in [0.15, 0.2) is 0 Å². The maximum absolute atomic E-state index is 13.7. The number of benzene rings is 4. The van der Waals surface area contributed by atoms with Crippen molar-refractivity contribution in [2.24, 2.45) is 0 Å². The van der Waals surface area contributed by atoms with Gasteiger partial charge >= 0.3 is 0 Å². The third kappa shape index (κ3) is 6.81. The summed E-state index contributed by atoms with van der Waals surface area (Å²) in [6.07, 6.45) is 2.53. The molecular weight excluding hydrogens is 565 g/mol. The van der Waals surface area contributed by atoms with Crippen LogP contribution < -0.4 is 5.32 Å². The van der Waals surface area contributed by atoms with E-state index in [1.165, 1.54) is 0 Å². The number of amides is 2. The normalized spacial score (nSPS) is 15.7. The molecular formula is C35H37Cl2N3O2. The van der Waals surface area contributed by atoms with E-state index in [4.69, 9.17) is 23.2 Å². The smallest absolute Gasteiger partial charge is 0.254 e. The van der Waals surface area contributed by atoms with Crippen LogP contribution in [0.4, 0.5) is 0 Å². The number of piperidine rings is 1. The summed E-state index contributed by atoms with van der Waals surface area (Å²) in [5, 5.41) is 6.31. The van der Waals surface area contributed by atoms with E-state index in [1.54, 1.807) is 6.92 Å². The zero-order chi connectivity index (χ0) is 29.7. The molecule has 0 saturated carbocycles. The molecule has 1 saturated heterocycles.